The van der Waals surface area contributed by atoms with Gasteiger partial charge in [-0.1, -0.05) is 13.8 Å². The van der Waals surface area contributed by atoms with Gasteiger partial charge in [0, 0.05) is 31.7 Å². The largest absolute Gasteiger partial charge is 0.304 e. The highest BCUT2D eigenvalue weighted by molar-refractivity contribution is 7.99. The molecule has 0 atom stereocenters. The van der Waals surface area contributed by atoms with Gasteiger partial charge in [0.2, 0.25) is 0 Å². The summed E-state index contributed by atoms with van der Waals surface area (Å²) in [5, 5.41) is 0. The van der Waals surface area contributed by atoms with Crippen LogP contribution in [0.1, 0.15) is 26.7 Å². The quantitative estimate of drug-likeness (QED) is 0.733. The minimum atomic E-state index is 0.520. The van der Waals surface area contributed by atoms with Gasteiger partial charge in [0.25, 0.3) is 0 Å². The predicted octanol–water partition coefficient (Wildman–Crippen LogP) is 2.16. The molecule has 0 amide bonds. The molecule has 2 heterocycles. The third kappa shape index (κ3) is 2.41. The number of piperazine rings is 1. The molecule has 0 aromatic carbocycles. The molecule has 2 aliphatic rings. The molecule has 94 valence electrons. The molecule has 0 bridgehead atoms. The molecule has 0 aliphatic carbocycles. The fourth-order valence-corrected chi connectivity index (χ4v) is 4.44. The van der Waals surface area contributed by atoms with E-state index in [-0.39, 0.29) is 0 Å². The van der Waals surface area contributed by atoms with Crippen molar-refractivity contribution in [1.82, 2.24) is 9.80 Å². The van der Waals surface area contributed by atoms with E-state index in [1.807, 2.05) is 0 Å². The Bertz CT molecular complexity index is 216. The summed E-state index contributed by atoms with van der Waals surface area (Å²) >= 11 is 2.14. The Hall–Kier alpha value is 0.270. The van der Waals surface area contributed by atoms with Crippen LogP contribution in [0.25, 0.3) is 0 Å². The molecule has 2 saturated heterocycles. The Morgan fingerprint density at radius 3 is 2.06 bits per heavy atom. The Kier molecular flexibility index (Phi) is 4.20. The molecular formula is C13H26N2S. The van der Waals surface area contributed by atoms with E-state index in [9.17, 15) is 0 Å². The first kappa shape index (κ1) is 12.7. The molecule has 0 N–H and O–H groups in total. The molecule has 2 aliphatic heterocycles. The maximum Gasteiger partial charge on any atom is 0.0249 e. The number of hydrogen-bond donors (Lipinski definition) is 0. The van der Waals surface area contributed by atoms with Gasteiger partial charge in [-0.25, -0.2) is 0 Å². The van der Waals surface area contributed by atoms with E-state index in [1.165, 1.54) is 50.5 Å². The van der Waals surface area contributed by atoms with Gasteiger partial charge in [0.05, 0.1) is 0 Å². The van der Waals surface area contributed by atoms with E-state index >= 15 is 0 Å². The Morgan fingerprint density at radius 2 is 1.56 bits per heavy atom. The average Bonchev–Trinajstić information content (AvgIpc) is 2.30. The monoisotopic (exact) mass is 242 g/mol. The standard InChI is InChI=1S/C13H26N2S/c1-12(2)13(4-10-16-11-5-13)15-8-6-14(3)7-9-15/h12H,4-11H2,1-3H3. The van der Waals surface area contributed by atoms with Crippen molar-refractivity contribution in [2.45, 2.75) is 32.2 Å². The summed E-state index contributed by atoms with van der Waals surface area (Å²) in [5.41, 5.74) is 0.520. The summed E-state index contributed by atoms with van der Waals surface area (Å²) in [6.45, 7) is 9.91. The first-order chi connectivity index (χ1) is 7.65. The molecule has 2 fully saturated rings. The zero-order valence-electron chi connectivity index (χ0n) is 11.0. The topological polar surface area (TPSA) is 6.48 Å². The Labute approximate surface area is 105 Å². The molecule has 0 aromatic heterocycles. The molecule has 16 heavy (non-hydrogen) atoms. The average molecular weight is 242 g/mol. The van der Waals surface area contributed by atoms with Crippen LogP contribution in [-0.2, 0) is 0 Å². The highest BCUT2D eigenvalue weighted by Crippen LogP contribution is 2.38. The summed E-state index contributed by atoms with van der Waals surface area (Å²) in [6.07, 6.45) is 2.80. The number of hydrogen-bond acceptors (Lipinski definition) is 3. The van der Waals surface area contributed by atoms with Gasteiger partial charge < -0.3 is 4.90 Å². The van der Waals surface area contributed by atoms with Crippen molar-refractivity contribution in [3.8, 4) is 0 Å². The van der Waals surface area contributed by atoms with Crippen molar-refractivity contribution in [1.29, 1.82) is 0 Å². The maximum absolute atomic E-state index is 2.80. The molecule has 0 spiro atoms. The van der Waals surface area contributed by atoms with E-state index in [0.717, 1.165) is 5.92 Å². The zero-order valence-corrected chi connectivity index (χ0v) is 11.9. The third-order valence-corrected chi connectivity index (χ3v) is 5.55. The minimum absolute atomic E-state index is 0.520. The molecule has 3 heteroatoms. The van der Waals surface area contributed by atoms with Crippen LogP contribution in [0.3, 0.4) is 0 Å². The van der Waals surface area contributed by atoms with Crippen molar-refractivity contribution < 1.29 is 0 Å². The van der Waals surface area contributed by atoms with Gasteiger partial charge >= 0.3 is 0 Å². The summed E-state index contributed by atoms with van der Waals surface area (Å²) in [7, 11) is 2.25. The van der Waals surface area contributed by atoms with E-state index in [0.29, 0.717) is 5.54 Å². The van der Waals surface area contributed by atoms with Crippen LogP contribution in [0.4, 0.5) is 0 Å². The summed E-state index contributed by atoms with van der Waals surface area (Å²) < 4.78 is 0. The van der Waals surface area contributed by atoms with Gasteiger partial charge in [-0.15, -0.1) is 0 Å². The normalized spacial score (nSPS) is 28.5. The fourth-order valence-electron chi connectivity index (χ4n) is 3.24. The van der Waals surface area contributed by atoms with Crippen LogP contribution in [0.2, 0.25) is 0 Å². The molecule has 0 unspecified atom stereocenters. The summed E-state index contributed by atoms with van der Waals surface area (Å²) in [5.74, 6) is 3.53. The van der Waals surface area contributed by atoms with Crippen molar-refractivity contribution in [2.75, 3.05) is 44.7 Å². The number of nitrogens with zero attached hydrogens (tertiary/aromatic N) is 2. The fraction of sp³-hybridized carbons (Fsp3) is 1.00. The van der Waals surface area contributed by atoms with E-state index in [1.54, 1.807) is 0 Å². The van der Waals surface area contributed by atoms with Crippen molar-refractivity contribution >= 4 is 11.8 Å². The smallest absolute Gasteiger partial charge is 0.0249 e. The molecule has 0 aromatic rings. The van der Waals surface area contributed by atoms with Crippen LogP contribution >= 0.6 is 11.8 Å². The lowest BCUT2D eigenvalue weighted by atomic mass is 9.79. The summed E-state index contributed by atoms with van der Waals surface area (Å²) in [6, 6.07) is 0. The van der Waals surface area contributed by atoms with Gasteiger partial charge in [-0.05, 0) is 37.3 Å². The Morgan fingerprint density at radius 1 is 1.00 bits per heavy atom. The van der Waals surface area contributed by atoms with E-state index in [2.05, 4.69) is 42.5 Å². The van der Waals surface area contributed by atoms with E-state index < -0.39 is 0 Å². The van der Waals surface area contributed by atoms with E-state index in [4.69, 9.17) is 0 Å². The summed E-state index contributed by atoms with van der Waals surface area (Å²) in [4.78, 5) is 5.26. The highest BCUT2D eigenvalue weighted by Gasteiger charge is 2.41. The zero-order chi connectivity index (χ0) is 11.6. The lowest BCUT2D eigenvalue weighted by molar-refractivity contribution is 0.00158. The second-order valence-electron chi connectivity index (χ2n) is 5.66. The van der Waals surface area contributed by atoms with Crippen LogP contribution < -0.4 is 0 Å². The van der Waals surface area contributed by atoms with Gasteiger partial charge in [0.15, 0.2) is 0 Å². The molecular weight excluding hydrogens is 216 g/mol. The van der Waals surface area contributed by atoms with Gasteiger partial charge in [0.1, 0.15) is 0 Å². The minimum Gasteiger partial charge on any atom is -0.304 e. The molecule has 0 saturated carbocycles. The molecule has 2 rings (SSSR count). The van der Waals surface area contributed by atoms with Crippen LogP contribution in [0, 0.1) is 5.92 Å². The third-order valence-electron chi connectivity index (χ3n) is 4.57. The lowest BCUT2D eigenvalue weighted by Crippen LogP contribution is -2.60. The van der Waals surface area contributed by atoms with Crippen molar-refractivity contribution in [2.24, 2.45) is 5.92 Å². The van der Waals surface area contributed by atoms with Crippen LogP contribution in [0.5, 0.6) is 0 Å². The highest BCUT2D eigenvalue weighted by atomic mass is 32.2. The van der Waals surface area contributed by atoms with Crippen molar-refractivity contribution in [3.63, 3.8) is 0 Å². The van der Waals surface area contributed by atoms with Gasteiger partial charge in [-0.2, -0.15) is 11.8 Å². The lowest BCUT2D eigenvalue weighted by Gasteiger charge is -2.52. The predicted molar refractivity (Wildman–Crippen MR) is 73.2 cm³/mol. The number of likely N-dealkylation sites (N-methyl/N-ethyl adjacent to an activating group) is 1. The number of thioether (sulfide) groups is 1. The maximum atomic E-state index is 2.80. The number of rotatable bonds is 2. The SMILES string of the molecule is CC(C)C1(N2CCN(C)CC2)CCSCC1. The van der Waals surface area contributed by atoms with Crippen LogP contribution in [0.15, 0.2) is 0 Å². The second-order valence-corrected chi connectivity index (χ2v) is 6.89. The molecule has 2 nitrogen and oxygen atoms in total. The molecule has 0 radical (unpaired) electrons. The second kappa shape index (κ2) is 5.28. The first-order valence-corrected chi connectivity index (χ1v) is 7.82. The Balaban J connectivity index is 2.06. The van der Waals surface area contributed by atoms with Gasteiger partial charge in [-0.3, -0.25) is 4.90 Å². The first-order valence-electron chi connectivity index (χ1n) is 6.66. The van der Waals surface area contributed by atoms with Crippen LogP contribution in [-0.4, -0.2) is 60.1 Å². The van der Waals surface area contributed by atoms with Crippen molar-refractivity contribution in [3.05, 3.63) is 0 Å².